The van der Waals surface area contributed by atoms with Crippen molar-refractivity contribution in [1.29, 1.82) is 0 Å². The number of nitrogens with zero attached hydrogens (tertiary/aromatic N) is 3. The summed E-state index contributed by atoms with van der Waals surface area (Å²) >= 11 is 6.96. The largest absolute Gasteiger partial charge is 0.367 e. The van der Waals surface area contributed by atoms with E-state index in [0.29, 0.717) is 16.4 Å². The van der Waals surface area contributed by atoms with Crippen molar-refractivity contribution in [3.63, 3.8) is 0 Å². The average molecular weight is 319 g/mol. The number of likely N-dealkylation sites (N-methyl/N-ethyl adjacent to an activating group) is 1. The first kappa shape index (κ1) is 15.3. The molecule has 0 aliphatic carbocycles. The van der Waals surface area contributed by atoms with Crippen LogP contribution in [0.2, 0.25) is 0 Å². The maximum Gasteiger partial charge on any atom is 0.269 e. The van der Waals surface area contributed by atoms with Crippen molar-refractivity contribution in [3.05, 3.63) is 56.8 Å². The van der Waals surface area contributed by atoms with Gasteiger partial charge in [0.2, 0.25) is 0 Å². The Bertz CT molecular complexity index is 677. The molecule has 0 aliphatic rings. The number of thiophene rings is 1. The van der Waals surface area contributed by atoms with Gasteiger partial charge in [0.1, 0.15) is 10.7 Å². The van der Waals surface area contributed by atoms with Crippen molar-refractivity contribution >= 4 is 45.6 Å². The van der Waals surface area contributed by atoms with Crippen molar-refractivity contribution in [1.82, 2.24) is 4.90 Å². The quantitative estimate of drug-likeness (QED) is 0.373. The number of nitro groups is 1. The molecule has 1 aromatic heterocycles. The number of hydrogen-bond donors (Lipinski definition) is 0. The van der Waals surface area contributed by atoms with Crippen molar-refractivity contribution in [3.8, 4) is 0 Å². The van der Waals surface area contributed by atoms with E-state index in [1.807, 2.05) is 36.5 Å². The van der Waals surface area contributed by atoms with E-state index in [4.69, 9.17) is 12.2 Å². The third-order valence-electron chi connectivity index (χ3n) is 2.66. The third kappa shape index (κ3) is 3.71. The standard InChI is InChI=1S/C14H13N3O2S2/c1-16(2)14(20)13(12-4-3-9-21-12)15-10-5-7-11(8-6-10)17(18)19/h3-9H,1-2H3. The summed E-state index contributed by atoms with van der Waals surface area (Å²) in [5.74, 6) is 0. The topological polar surface area (TPSA) is 58.7 Å². The first-order valence-corrected chi connectivity index (χ1v) is 7.36. The smallest absolute Gasteiger partial charge is 0.269 e. The first-order chi connectivity index (χ1) is 9.99. The van der Waals surface area contributed by atoms with Gasteiger partial charge in [-0.2, -0.15) is 0 Å². The van der Waals surface area contributed by atoms with Gasteiger partial charge in [-0.25, -0.2) is 4.99 Å². The Morgan fingerprint density at radius 3 is 2.43 bits per heavy atom. The summed E-state index contributed by atoms with van der Waals surface area (Å²) in [6.07, 6.45) is 0. The molecule has 0 amide bonds. The van der Waals surface area contributed by atoms with E-state index in [-0.39, 0.29) is 5.69 Å². The summed E-state index contributed by atoms with van der Waals surface area (Å²) in [7, 11) is 3.72. The van der Waals surface area contributed by atoms with E-state index < -0.39 is 4.92 Å². The second-order valence-electron chi connectivity index (χ2n) is 4.41. The molecule has 2 aromatic rings. The Balaban J connectivity index is 2.41. The van der Waals surface area contributed by atoms with Gasteiger partial charge in [0.15, 0.2) is 0 Å². The van der Waals surface area contributed by atoms with Crippen LogP contribution in [-0.4, -0.2) is 34.6 Å². The van der Waals surface area contributed by atoms with Gasteiger partial charge in [-0.15, -0.1) is 11.3 Å². The molecule has 21 heavy (non-hydrogen) atoms. The Labute approximate surface area is 131 Å². The van der Waals surface area contributed by atoms with Gasteiger partial charge < -0.3 is 4.90 Å². The number of nitro benzene ring substituents is 1. The number of benzene rings is 1. The number of hydrogen-bond acceptors (Lipinski definition) is 5. The highest BCUT2D eigenvalue weighted by molar-refractivity contribution is 7.82. The zero-order chi connectivity index (χ0) is 15.4. The van der Waals surface area contributed by atoms with E-state index in [2.05, 4.69) is 4.99 Å². The Morgan fingerprint density at radius 1 is 1.29 bits per heavy atom. The van der Waals surface area contributed by atoms with Crippen LogP contribution in [0.15, 0.2) is 46.8 Å². The lowest BCUT2D eigenvalue weighted by Gasteiger charge is -2.15. The maximum atomic E-state index is 10.7. The van der Waals surface area contributed by atoms with Crippen molar-refractivity contribution in [2.24, 2.45) is 4.99 Å². The Hall–Kier alpha value is -2.12. The fourth-order valence-corrected chi connectivity index (χ4v) is 2.55. The second-order valence-corrected chi connectivity index (χ2v) is 5.75. The van der Waals surface area contributed by atoms with E-state index in [1.54, 1.807) is 23.5 Å². The Kier molecular flexibility index (Phi) is 4.77. The lowest BCUT2D eigenvalue weighted by atomic mass is 10.2. The second kappa shape index (κ2) is 6.55. The molecule has 0 saturated heterocycles. The van der Waals surface area contributed by atoms with Crippen LogP contribution >= 0.6 is 23.6 Å². The van der Waals surface area contributed by atoms with Crippen LogP contribution in [0.5, 0.6) is 0 Å². The van der Waals surface area contributed by atoms with Gasteiger partial charge in [0.05, 0.1) is 15.5 Å². The molecule has 0 spiro atoms. The highest BCUT2D eigenvalue weighted by Gasteiger charge is 2.13. The predicted molar refractivity (Wildman–Crippen MR) is 89.9 cm³/mol. The summed E-state index contributed by atoms with van der Waals surface area (Å²) in [4.78, 5) is 18.2. The minimum atomic E-state index is -0.432. The molecule has 0 atom stereocenters. The Morgan fingerprint density at radius 2 is 1.95 bits per heavy atom. The first-order valence-electron chi connectivity index (χ1n) is 6.07. The summed E-state index contributed by atoms with van der Waals surface area (Å²) in [5, 5.41) is 12.6. The molecule has 0 aliphatic heterocycles. The van der Waals surface area contributed by atoms with E-state index >= 15 is 0 Å². The molecule has 0 saturated carbocycles. The molecule has 5 nitrogen and oxygen atoms in total. The van der Waals surface area contributed by atoms with Gasteiger partial charge in [0.25, 0.3) is 5.69 Å². The molecule has 1 heterocycles. The van der Waals surface area contributed by atoms with Crippen LogP contribution in [0.3, 0.4) is 0 Å². The monoisotopic (exact) mass is 319 g/mol. The van der Waals surface area contributed by atoms with Crippen LogP contribution in [0.1, 0.15) is 4.88 Å². The zero-order valence-corrected chi connectivity index (χ0v) is 13.1. The molecule has 0 N–H and O–H groups in total. The molecule has 0 bridgehead atoms. The van der Waals surface area contributed by atoms with Crippen LogP contribution < -0.4 is 0 Å². The van der Waals surface area contributed by atoms with E-state index in [9.17, 15) is 10.1 Å². The zero-order valence-electron chi connectivity index (χ0n) is 11.5. The molecule has 7 heteroatoms. The molecule has 1 aromatic carbocycles. The summed E-state index contributed by atoms with van der Waals surface area (Å²) in [5.41, 5.74) is 1.37. The van der Waals surface area contributed by atoms with Gasteiger partial charge in [-0.05, 0) is 23.6 Å². The molecule has 2 rings (SSSR count). The fraction of sp³-hybridized carbons (Fsp3) is 0.143. The number of non-ortho nitro benzene ring substituents is 1. The number of rotatable bonds is 4. The summed E-state index contributed by atoms with van der Waals surface area (Å²) < 4.78 is 0. The molecule has 108 valence electrons. The van der Waals surface area contributed by atoms with Gasteiger partial charge in [0, 0.05) is 26.2 Å². The van der Waals surface area contributed by atoms with Gasteiger partial charge in [-0.3, -0.25) is 10.1 Å². The van der Waals surface area contributed by atoms with Crippen molar-refractivity contribution in [2.45, 2.75) is 0 Å². The average Bonchev–Trinajstić information content (AvgIpc) is 2.98. The highest BCUT2D eigenvalue weighted by Crippen LogP contribution is 2.21. The maximum absolute atomic E-state index is 10.7. The number of thiocarbonyl (C=S) groups is 1. The van der Waals surface area contributed by atoms with Gasteiger partial charge in [-0.1, -0.05) is 18.3 Å². The highest BCUT2D eigenvalue weighted by atomic mass is 32.1. The van der Waals surface area contributed by atoms with Crippen LogP contribution in [0.4, 0.5) is 11.4 Å². The molecule has 0 fully saturated rings. The van der Waals surface area contributed by atoms with Crippen molar-refractivity contribution < 1.29 is 4.92 Å². The molecular formula is C14H13N3O2S2. The van der Waals surface area contributed by atoms with Crippen LogP contribution in [-0.2, 0) is 0 Å². The normalized spacial score (nSPS) is 11.2. The lowest BCUT2D eigenvalue weighted by Crippen LogP contribution is -2.28. The van der Waals surface area contributed by atoms with E-state index in [0.717, 1.165) is 4.88 Å². The van der Waals surface area contributed by atoms with Crippen LogP contribution in [0.25, 0.3) is 0 Å². The van der Waals surface area contributed by atoms with Crippen molar-refractivity contribution in [2.75, 3.05) is 14.1 Å². The molecular weight excluding hydrogens is 306 g/mol. The SMILES string of the molecule is CN(C)C(=S)C(=Nc1ccc([N+](=O)[O-])cc1)c1cccs1. The van der Waals surface area contributed by atoms with E-state index in [1.165, 1.54) is 12.1 Å². The minimum absolute atomic E-state index is 0.0433. The van der Waals surface area contributed by atoms with Crippen LogP contribution in [0, 0.1) is 10.1 Å². The molecule has 0 radical (unpaired) electrons. The molecule has 0 unspecified atom stereocenters. The lowest BCUT2D eigenvalue weighted by molar-refractivity contribution is -0.384. The third-order valence-corrected chi connectivity index (χ3v) is 4.10. The summed E-state index contributed by atoms with van der Waals surface area (Å²) in [6, 6.07) is 9.98. The summed E-state index contributed by atoms with van der Waals surface area (Å²) in [6.45, 7) is 0. The minimum Gasteiger partial charge on any atom is -0.367 e. The predicted octanol–water partition coefficient (Wildman–Crippen LogP) is 3.67. The van der Waals surface area contributed by atoms with Gasteiger partial charge >= 0.3 is 0 Å². The number of aliphatic imine (C=N–C) groups is 1. The fourth-order valence-electron chi connectivity index (χ4n) is 1.61.